The maximum Gasteiger partial charge on any atom is 0.405 e. The van der Waals surface area contributed by atoms with E-state index in [9.17, 15) is 18.0 Å². The zero-order valence-corrected chi connectivity index (χ0v) is 10.7. The third-order valence-corrected chi connectivity index (χ3v) is 1.99. The summed E-state index contributed by atoms with van der Waals surface area (Å²) in [6.07, 6.45) is -3.04. The molecule has 0 aromatic carbocycles. The summed E-state index contributed by atoms with van der Waals surface area (Å²) < 4.78 is 45.8. The van der Waals surface area contributed by atoms with Crippen LogP contribution in [0.2, 0.25) is 0 Å². The lowest BCUT2D eigenvalue weighted by Gasteiger charge is -2.12. The largest absolute Gasteiger partial charge is 0.474 e. The van der Waals surface area contributed by atoms with Gasteiger partial charge in [-0.05, 0) is 12.1 Å². The molecule has 0 aliphatic rings. The van der Waals surface area contributed by atoms with Crippen molar-refractivity contribution in [2.45, 2.75) is 6.18 Å². The Kier molecular flexibility index (Phi) is 6.04. The molecule has 1 aromatic heterocycles. The van der Waals surface area contributed by atoms with Crippen molar-refractivity contribution in [3.63, 3.8) is 0 Å². The lowest BCUT2D eigenvalue weighted by Crippen LogP contribution is -2.36. The van der Waals surface area contributed by atoms with Crippen LogP contribution in [0, 0.1) is 0 Å². The molecule has 6 nitrogen and oxygen atoms in total. The molecule has 0 spiro atoms. The average molecular weight is 293 g/mol. The van der Waals surface area contributed by atoms with Crippen molar-refractivity contribution in [1.29, 1.82) is 0 Å². The average Bonchev–Trinajstić information content (AvgIpc) is 2.38. The molecule has 2 amide bonds. The Balaban J connectivity index is 2.55. The van der Waals surface area contributed by atoms with Gasteiger partial charge in [0.15, 0.2) is 0 Å². The van der Waals surface area contributed by atoms with Gasteiger partial charge in [0.2, 0.25) is 5.88 Å². The minimum atomic E-state index is -4.47. The summed E-state index contributed by atoms with van der Waals surface area (Å²) >= 11 is 0. The number of methoxy groups -OCH3 is 1. The maximum absolute atomic E-state index is 11.9. The molecule has 0 saturated heterocycles. The quantitative estimate of drug-likeness (QED) is 0.784. The number of rotatable bonds is 6. The zero-order chi connectivity index (χ0) is 15.0. The molecule has 9 heteroatoms. The van der Waals surface area contributed by atoms with Crippen molar-refractivity contribution in [1.82, 2.24) is 10.3 Å². The maximum atomic E-state index is 11.9. The number of anilines is 1. The van der Waals surface area contributed by atoms with Gasteiger partial charge in [0, 0.05) is 13.3 Å². The van der Waals surface area contributed by atoms with E-state index in [2.05, 4.69) is 10.3 Å². The highest BCUT2D eigenvalue weighted by atomic mass is 19.4. The molecule has 0 atom stereocenters. The molecule has 0 fully saturated rings. The van der Waals surface area contributed by atoms with E-state index in [0.717, 1.165) is 0 Å². The first-order valence-corrected chi connectivity index (χ1v) is 5.61. The predicted molar refractivity (Wildman–Crippen MR) is 64.7 cm³/mol. The molecule has 1 aromatic rings. The van der Waals surface area contributed by atoms with Crippen LogP contribution in [0.3, 0.4) is 0 Å². The second kappa shape index (κ2) is 7.53. The summed E-state index contributed by atoms with van der Waals surface area (Å²) in [6.45, 7) is -0.901. The monoisotopic (exact) mass is 293 g/mol. The van der Waals surface area contributed by atoms with E-state index in [4.69, 9.17) is 9.47 Å². The number of ether oxygens (including phenoxy) is 2. The molecule has 0 saturated carbocycles. The summed E-state index contributed by atoms with van der Waals surface area (Å²) in [5, 5.41) is 3.91. The van der Waals surface area contributed by atoms with Crippen molar-refractivity contribution in [2.24, 2.45) is 0 Å². The van der Waals surface area contributed by atoms with E-state index in [-0.39, 0.29) is 18.2 Å². The van der Waals surface area contributed by atoms with Gasteiger partial charge in [0.05, 0.1) is 6.61 Å². The Labute approximate surface area is 113 Å². The summed E-state index contributed by atoms with van der Waals surface area (Å²) in [4.78, 5) is 15.2. The number of nitrogens with one attached hydrogen (secondary N) is 2. The highest BCUT2D eigenvalue weighted by molar-refractivity contribution is 5.90. The summed E-state index contributed by atoms with van der Waals surface area (Å²) in [5.41, 5.74) is 0.170. The molecular formula is C11H14F3N3O3. The van der Waals surface area contributed by atoms with Gasteiger partial charge in [-0.2, -0.15) is 13.2 Å². The van der Waals surface area contributed by atoms with Gasteiger partial charge in [-0.25, -0.2) is 9.78 Å². The van der Waals surface area contributed by atoms with Gasteiger partial charge >= 0.3 is 12.2 Å². The normalized spacial score (nSPS) is 11.0. The number of carbonyl (C=O) groups is 1. The van der Waals surface area contributed by atoms with Crippen LogP contribution in [0.15, 0.2) is 18.3 Å². The molecule has 0 aliphatic heterocycles. The Bertz CT molecular complexity index is 440. The van der Waals surface area contributed by atoms with Crippen molar-refractivity contribution in [3.8, 4) is 5.88 Å². The SMILES string of the molecule is COCCOc1ncccc1NC(=O)NCC(F)(F)F. The Morgan fingerprint density at radius 3 is 2.80 bits per heavy atom. The van der Waals surface area contributed by atoms with Gasteiger partial charge in [-0.15, -0.1) is 0 Å². The van der Waals surface area contributed by atoms with Crippen molar-refractivity contribution >= 4 is 11.7 Å². The van der Waals surface area contributed by atoms with Gasteiger partial charge < -0.3 is 20.1 Å². The van der Waals surface area contributed by atoms with Crippen LogP contribution in [0.1, 0.15) is 0 Å². The number of hydrogen-bond donors (Lipinski definition) is 2. The van der Waals surface area contributed by atoms with E-state index >= 15 is 0 Å². The second-order valence-electron chi connectivity index (χ2n) is 3.62. The van der Waals surface area contributed by atoms with Crippen LogP contribution in [0.4, 0.5) is 23.7 Å². The Hall–Kier alpha value is -2.03. The predicted octanol–water partition coefficient (Wildman–Crippen LogP) is 1.79. The van der Waals surface area contributed by atoms with E-state index < -0.39 is 18.8 Å². The zero-order valence-electron chi connectivity index (χ0n) is 10.7. The van der Waals surface area contributed by atoms with Crippen molar-refractivity contribution in [3.05, 3.63) is 18.3 Å². The van der Waals surface area contributed by atoms with Crippen LogP contribution in [-0.2, 0) is 4.74 Å². The lowest BCUT2D eigenvalue weighted by molar-refractivity contribution is -0.122. The first-order valence-electron chi connectivity index (χ1n) is 5.61. The van der Waals surface area contributed by atoms with E-state index in [0.29, 0.717) is 6.61 Å². The number of nitrogens with zero attached hydrogens (tertiary/aromatic N) is 1. The van der Waals surface area contributed by atoms with Crippen molar-refractivity contribution in [2.75, 3.05) is 32.2 Å². The van der Waals surface area contributed by atoms with Gasteiger partial charge in [-0.3, -0.25) is 0 Å². The second-order valence-corrected chi connectivity index (χ2v) is 3.62. The fourth-order valence-corrected chi connectivity index (χ4v) is 1.17. The topological polar surface area (TPSA) is 72.5 Å². The molecular weight excluding hydrogens is 279 g/mol. The first kappa shape index (κ1) is 16.0. The van der Waals surface area contributed by atoms with Crippen molar-refractivity contribution < 1.29 is 27.4 Å². The summed E-state index contributed by atoms with van der Waals surface area (Å²) in [7, 11) is 1.49. The van der Waals surface area contributed by atoms with Gasteiger partial charge in [-0.1, -0.05) is 0 Å². The summed E-state index contributed by atoms with van der Waals surface area (Å²) in [5.74, 6) is 0.103. The number of amides is 2. The van der Waals surface area contributed by atoms with Crippen LogP contribution in [0.25, 0.3) is 0 Å². The fourth-order valence-electron chi connectivity index (χ4n) is 1.17. The molecule has 112 valence electrons. The Morgan fingerprint density at radius 1 is 1.40 bits per heavy atom. The third-order valence-electron chi connectivity index (χ3n) is 1.99. The standard InChI is InChI=1S/C11H14F3N3O3/c1-19-5-6-20-9-8(3-2-4-15-9)17-10(18)16-7-11(12,13)14/h2-4H,5-7H2,1H3,(H2,16,17,18). The number of alkyl halides is 3. The lowest BCUT2D eigenvalue weighted by atomic mass is 10.4. The molecule has 0 aliphatic carbocycles. The molecule has 20 heavy (non-hydrogen) atoms. The van der Waals surface area contributed by atoms with Crippen LogP contribution >= 0.6 is 0 Å². The fraction of sp³-hybridized carbons (Fsp3) is 0.455. The molecule has 1 rings (SSSR count). The smallest absolute Gasteiger partial charge is 0.405 e. The van der Waals surface area contributed by atoms with Crippen LogP contribution in [0.5, 0.6) is 5.88 Å². The number of carbonyl (C=O) groups excluding carboxylic acids is 1. The number of urea groups is 1. The van der Waals surface area contributed by atoms with E-state index in [1.165, 1.54) is 25.4 Å². The van der Waals surface area contributed by atoms with Gasteiger partial charge in [0.25, 0.3) is 0 Å². The van der Waals surface area contributed by atoms with Crippen LogP contribution in [-0.4, -0.2) is 44.1 Å². The highest BCUT2D eigenvalue weighted by Crippen LogP contribution is 2.20. The number of pyridine rings is 1. The Morgan fingerprint density at radius 2 is 2.15 bits per heavy atom. The summed E-state index contributed by atoms with van der Waals surface area (Å²) in [6, 6.07) is 1.98. The third kappa shape index (κ3) is 6.23. The molecule has 1 heterocycles. The molecule has 0 radical (unpaired) electrons. The first-order chi connectivity index (χ1) is 9.42. The number of hydrogen-bond acceptors (Lipinski definition) is 4. The molecule has 2 N–H and O–H groups in total. The number of halogens is 3. The van der Waals surface area contributed by atoms with Crippen LogP contribution < -0.4 is 15.4 Å². The highest BCUT2D eigenvalue weighted by Gasteiger charge is 2.27. The number of aromatic nitrogens is 1. The minimum Gasteiger partial charge on any atom is -0.474 e. The van der Waals surface area contributed by atoms with E-state index in [1.54, 1.807) is 5.32 Å². The van der Waals surface area contributed by atoms with E-state index in [1.807, 2.05) is 0 Å². The minimum absolute atomic E-state index is 0.103. The van der Waals surface area contributed by atoms with Gasteiger partial charge in [0.1, 0.15) is 18.8 Å². The molecule has 0 bridgehead atoms. The molecule has 0 unspecified atom stereocenters.